The number of hydrogen-bond acceptors (Lipinski definition) is 3. The van der Waals surface area contributed by atoms with E-state index in [0.717, 1.165) is 5.69 Å². The Hall–Kier alpha value is -1.14. The van der Waals surface area contributed by atoms with Crippen LogP contribution in [-0.4, -0.2) is 31.3 Å². The first-order chi connectivity index (χ1) is 9.50. The van der Waals surface area contributed by atoms with Gasteiger partial charge in [0.25, 0.3) is 0 Å². The smallest absolute Gasteiger partial charge is 0.242 e. The lowest BCUT2D eigenvalue weighted by Crippen LogP contribution is -3.00. The number of nitrogens with zero attached hydrogens (tertiary/aromatic N) is 2. The zero-order chi connectivity index (χ0) is 14.6. The number of aromatic nitrogens is 1. The number of halogens is 2. The van der Waals surface area contributed by atoms with E-state index in [0.29, 0.717) is 18.0 Å². The van der Waals surface area contributed by atoms with Crippen molar-refractivity contribution in [2.75, 3.05) is 13.6 Å². The molecule has 2 rings (SSSR count). The molecule has 0 aliphatic heterocycles. The molecule has 0 saturated heterocycles. The molecular weight excluding hydrogens is 331 g/mol. The molecule has 0 unspecified atom stereocenters. The fourth-order valence-corrected chi connectivity index (χ4v) is 3.22. The van der Waals surface area contributed by atoms with E-state index in [-0.39, 0.29) is 17.3 Å². The number of pyridine rings is 1. The van der Waals surface area contributed by atoms with E-state index in [1.807, 2.05) is 18.2 Å². The average molecular weight is 346 g/mol. The third kappa shape index (κ3) is 4.68. The molecule has 4 nitrogen and oxygen atoms in total. The molecule has 0 bridgehead atoms. The Kier molecular flexibility index (Phi) is 6.61. The number of sulfonamides is 1. The van der Waals surface area contributed by atoms with Crippen LogP contribution in [0.1, 0.15) is 5.69 Å². The van der Waals surface area contributed by atoms with E-state index < -0.39 is 10.0 Å². The van der Waals surface area contributed by atoms with E-state index in [9.17, 15) is 8.42 Å². The van der Waals surface area contributed by atoms with Crippen LogP contribution in [0.25, 0.3) is 0 Å². The van der Waals surface area contributed by atoms with Crippen molar-refractivity contribution in [1.29, 1.82) is 0 Å². The minimum atomic E-state index is -3.51. The highest BCUT2D eigenvalue weighted by Crippen LogP contribution is 2.18. The predicted molar refractivity (Wildman–Crippen MR) is 79.2 cm³/mol. The molecule has 0 amide bonds. The SMILES string of the molecule is CN(CCc1ccccn1)S(=O)(=O)c1cccc(Cl)c1.[Cl-]. The normalized spacial score (nSPS) is 11.2. The molecule has 7 heteroatoms. The van der Waals surface area contributed by atoms with E-state index in [1.54, 1.807) is 31.4 Å². The summed E-state index contributed by atoms with van der Waals surface area (Å²) in [6, 6.07) is 11.9. The van der Waals surface area contributed by atoms with Crippen LogP contribution < -0.4 is 12.4 Å². The second-order valence-corrected chi connectivity index (χ2v) is 6.84. The zero-order valence-corrected chi connectivity index (χ0v) is 13.7. The molecule has 0 aliphatic carbocycles. The molecule has 0 saturated carbocycles. The van der Waals surface area contributed by atoms with E-state index in [4.69, 9.17) is 11.6 Å². The molecule has 1 aromatic heterocycles. The summed E-state index contributed by atoms with van der Waals surface area (Å²) in [4.78, 5) is 4.38. The van der Waals surface area contributed by atoms with Crippen molar-refractivity contribution in [3.8, 4) is 0 Å². The van der Waals surface area contributed by atoms with Crippen LogP contribution in [0.5, 0.6) is 0 Å². The van der Waals surface area contributed by atoms with Crippen LogP contribution in [0.3, 0.4) is 0 Å². The molecule has 0 radical (unpaired) electrons. The Morgan fingerprint density at radius 2 is 1.95 bits per heavy atom. The van der Waals surface area contributed by atoms with Gasteiger partial charge in [0.1, 0.15) is 0 Å². The highest BCUT2D eigenvalue weighted by Gasteiger charge is 2.20. The number of rotatable bonds is 5. The summed E-state index contributed by atoms with van der Waals surface area (Å²) in [6.45, 7) is 0.367. The van der Waals surface area contributed by atoms with Crippen LogP contribution >= 0.6 is 11.6 Å². The lowest BCUT2D eigenvalue weighted by molar-refractivity contribution is -0.00000659. The van der Waals surface area contributed by atoms with Gasteiger partial charge in [-0.3, -0.25) is 4.98 Å². The fourth-order valence-electron chi connectivity index (χ4n) is 1.75. The van der Waals surface area contributed by atoms with Gasteiger partial charge >= 0.3 is 0 Å². The van der Waals surface area contributed by atoms with Gasteiger partial charge in [-0.25, -0.2) is 12.7 Å². The van der Waals surface area contributed by atoms with Crippen LogP contribution in [0.4, 0.5) is 0 Å². The van der Waals surface area contributed by atoms with Gasteiger partial charge in [0.05, 0.1) is 4.90 Å². The number of hydrogen-bond donors (Lipinski definition) is 0. The zero-order valence-electron chi connectivity index (χ0n) is 11.4. The van der Waals surface area contributed by atoms with Crippen molar-refractivity contribution in [1.82, 2.24) is 9.29 Å². The number of benzene rings is 1. The predicted octanol–water partition coefficient (Wildman–Crippen LogP) is -0.398. The van der Waals surface area contributed by atoms with Crippen molar-refractivity contribution in [2.45, 2.75) is 11.3 Å². The Bertz CT molecular complexity index is 678. The van der Waals surface area contributed by atoms with Gasteiger partial charge in [0.2, 0.25) is 10.0 Å². The molecule has 0 atom stereocenters. The van der Waals surface area contributed by atoms with Gasteiger partial charge in [-0.05, 0) is 30.3 Å². The Balaban J connectivity index is 0.00000220. The highest BCUT2D eigenvalue weighted by molar-refractivity contribution is 7.89. The first kappa shape index (κ1) is 17.9. The van der Waals surface area contributed by atoms with Crippen LogP contribution in [0.2, 0.25) is 5.02 Å². The molecule has 2 aromatic rings. The van der Waals surface area contributed by atoms with Crippen molar-refractivity contribution in [3.63, 3.8) is 0 Å². The first-order valence-corrected chi connectivity index (χ1v) is 7.94. The molecule has 0 N–H and O–H groups in total. The Morgan fingerprint density at radius 1 is 1.19 bits per heavy atom. The molecule has 114 valence electrons. The molecule has 1 heterocycles. The van der Waals surface area contributed by atoms with Gasteiger partial charge < -0.3 is 12.4 Å². The quantitative estimate of drug-likeness (QED) is 0.741. The van der Waals surface area contributed by atoms with Gasteiger partial charge in [0.15, 0.2) is 0 Å². The summed E-state index contributed by atoms with van der Waals surface area (Å²) in [5.41, 5.74) is 0.862. The van der Waals surface area contributed by atoms with Crippen molar-refractivity contribution < 1.29 is 20.8 Å². The third-order valence-corrected chi connectivity index (χ3v) is 5.00. The lowest BCUT2D eigenvalue weighted by atomic mass is 10.3. The summed E-state index contributed by atoms with van der Waals surface area (Å²) in [7, 11) is -1.96. The van der Waals surface area contributed by atoms with Crippen molar-refractivity contribution in [2.24, 2.45) is 0 Å². The maximum atomic E-state index is 12.4. The molecule has 21 heavy (non-hydrogen) atoms. The Morgan fingerprint density at radius 3 is 2.57 bits per heavy atom. The molecule has 0 fully saturated rings. The molecule has 0 spiro atoms. The van der Waals surface area contributed by atoms with Gasteiger partial charge in [-0.2, -0.15) is 0 Å². The summed E-state index contributed by atoms with van der Waals surface area (Å²) in [6.07, 6.45) is 2.26. The largest absolute Gasteiger partial charge is 1.00 e. The van der Waals surface area contributed by atoms with Gasteiger partial charge in [0, 0.05) is 36.9 Å². The standard InChI is InChI=1S/C14H15ClN2O2S.ClH/c1-17(10-8-13-6-2-3-9-16-13)20(18,19)14-7-4-5-12(15)11-14;/h2-7,9,11H,8,10H2,1H3;1H/p-1. The average Bonchev–Trinajstić information content (AvgIpc) is 2.45. The summed E-state index contributed by atoms with van der Waals surface area (Å²) >= 11 is 5.84. The Labute approximate surface area is 136 Å². The molecular formula is C14H15Cl2N2O2S-. The van der Waals surface area contributed by atoms with Gasteiger partial charge in [-0.15, -0.1) is 0 Å². The molecule has 0 aliphatic rings. The third-order valence-electron chi connectivity index (χ3n) is 2.91. The van der Waals surface area contributed by atoms with E-state index in [2.05, 4.69) is 4.98 Å². The second-order valence-electron chi connectivity index (χ2n) is 4.36. The number of likely N-dealkylation sites (N-methyl/N-ethyl adjacent to an activating group) is 1. The minimum absolute atomic E-state index is 0. The lowest BCUT2D eigenvalue weighted by Gasteiger charge is -2.17. The second kappa shape index (κ2) is 7.75. The van der Waals surface area contributed by atoms with E-state index >= 15 is 0 Å². The van der Waals surface area contributed by atoms with Crippen LogP contribution in [-0.2, 0) is 16.4 Å². The van der Waals surface area contributed by atoms with Crippen molar-refractivity contribution in [3.05, 3.63) is 59.4 Å². The fraction of sp³-hybridized carbons (Fsp3) is 0.214. The van der Waals surface area contributed by atoms with Crippen molar-refractivity contribution >= 4 is 21.6 Å². The van der Waals surface area contributed by atoms with Gasteiger partial charge in [-0.1, -0.05) is 23.7 Å². The van der Waals surface area contributed by atoms with Crippen LogP contribution in [0, 0.1) is 0 Å². The molecule has 1 aromatic carbocycles. The van der Waals surface area contributed by atoms with Crippen LogP contribution in [0.15, 0.2) is 53.6 Å². The summed E-state index contributed by atoms with van der Waals surface area (Å²) < 4.78 is 26.0. The minimum Gasteiger partial charge on any atom is -1.00 e. The van der Waals surface area contributed by atoms with E-state index in [1.165, 1.54) is 10.4 Å². The maximum Gasteiger partial charge on any atom is 0.242 e. The monoisotopic (exact) mass is 345 g/mol. The highest BCUT2D eigenvalue weighted by atomic mass is 35.5. The maximum absolute atomic E-state index is 12.4. The topological polar surface area (TPSA) is 50.3 Å². The summed E-state index contributed by atoms with van der Waals surface area (Å²) in [5.74, 6) is 0. The summed E-state index contributed by atoms with van der Waals surface area (Å²) in [5, 5.41) is 0.407. The first-order valence-electron chi connectivity index (χ1n) is 6.12.